The van der Waals surface area contributed by atoms with Gasteiger partial charge in [0.15, 0.2) is 29.1 Å². The fraction of sp³-hybridized carbons (Fsp3) is 0.316. The number of Topliss-reactive ketones (excluding diaryl/α,β-unsaturated/α-hetero) is 1. The second-order valence-corrected chi connectivity index (χ2v) is 6.15. The van der Waals surface area contributed by atoms with Crippen molar-refractivity contribution in [3.05, 3.63) is 29.3 Å². The highest BCUT2D eigenvalue weighted by Crippen LogP contribution is 2.52. The summed E-state index contributed by atoms with van der Waals surface area (Å²) in [6.45, 7) is 0. The minimum absolute atomic E-state index is 0.0000688. The molecule has 29 heavy (non-hydrogen) atoms. The monoisotopic (exact) mass is 408 g/mol. The smallest absolute Gasteiger partial charge is 0.274 e. The third kappa shape index (κ3) is 2.93. The summed E-state index contributed by atoms with van der Waals surface area (Å²) in [6.07, 6.45) is -1.46. The molecule has 0 aromatic heterocycles. The SMILES string of the molecule is COc1cc(C2Oc3cc(O)c(OC)c(O)c3C(=O)C2(O)OC)cc(OC)c1O. The Morgan fingerprint density at radius 3 is 2.00 bits per heavy atom. The number of aliphatic hydroxyl groups is 1. The highest BCUT2D eigenvalue weighted by atomic mass is 16.7. The minimum Gasteiger partial charge on any atom is -0.504 e. The number of fused-ring (bicyclic) bond motifs is 1. The van der Waals surface area contributed by atoms with E-state index < -0.39 is 34.7 Å². The number of phenolic OH excluding ortho intramolecular Hbond substituents is 3. The van der Waals surface area contributed by atoms with Crippen LogP contribution in [0.25, 0.3) is 0 Å². The van der Waals surface area contributed by atoms with Crippen molar-refractivity contribution in [1.29, 1.82) is 0 Å². The standard InChI is InChI=1S/C19H20O10/c1-25-11-5-8(6-12(26-2)14(11)21)18-19(24,28-4)17(23)13-10(29-18)7-9(20)16(27-3)15(13)22/h5-7,18,20-22,24H,1-4H3. The molecule has 1 aliphatic heterocycles. The first-order valence-corrected chi connectivity index (χ1v) is 8.30. The molecular weight excluding hydrogens is 388 g/mol. The first-order valence-electron chi connectivity index (χ1n) is 8.30. The van der Waals surface area contributed by atoms with Crippen molar-refractivity contribution >= 4 is 5.78 Å². The lowest BCUT2D eigenvalue weighted by molar-refractivity contribution is -0.205. The van der Waals surface area contributed by atoms with Crippen molar-refractivity contribution in [2.75, 3.05) is 28.4 Å². The molecule has 3 rings (SSSR count). The van der Waals surface area contributed by atoms with Gasteiger partial charge in [-0.1, -0.05) is 0 Å². The molecule has 2 aromatic rings. The van der Waals surface area contributed by atoms with E-state index in [-0.39, 0.29) is 34.3 Å². The molecule has 156 valence electrons. The van der Waals surface area contributed by atoms with Crippen LogP contribution < -0.4 is 18.9 Å². The Labute approximate surface area is 165 Å². The van der Waals surface area contributed by atoms with Gasteiger partial charge < -0.3 is 44.1 Å². The Morgan fingerprint density at radius 1 is 0.931 bits per heavy atom. The maximum atomic E-state index is 13.1. The minimum atomic E-state index is -2.56. The lowest BCUT2D eigenvalue weighted by Crippen LogP contribution is -2.51. The molecule has 0 bridgehead atoms. The summed E-state index contributed by atoms with van der Waals surface area (Å²) < 4.78 is 25.9. The number of ketones is 1. The second kappa shape index (κ2) is 7.22. The van der Waals surface area contributed by atoms with Crippen LogP contribution >= 0.6 is 0 Å². The van der Waals surface area contributed by atoms with Crippen LogP contribution in [0.1, 0.15) is 22.0 Å². The number of aromatic hydroxyl groups is 3. The van der Waals surface area contributed by atoms with E-state index in [0.29, 0.717) is 0 Å². The number of methoxy groups -OCH3 is 4. The van der Waals surface area contributed by atoms with Gasteiger partial charge in [-0.05, 0) is 12.1 Å². The van der Waals surface area contributed by atoms with Crippen LogP contribution in [0, 0.1) is 0 Å². The summed E-state index contributed by atoms with van der Waals surface area (Å²) in [6, 6.07) is 3.73. The molecule has 0 aliphatic carbocycles. The molecule has 0 radical (unpaired) electrons. The van der Waals surface area contributed by atoms with Crippen molar-refractivity contribution in [2.24, 2.45) is 0 Å². The number of hydrogen-bond acceptors (Lipinski definition) is 10. The van der Waals surface area contributed by atoms with Crippen LogP contribution in [0.2, 0.25) is 0 Å². The lowest BCUT2D eigenvalue weighted by atomic mass is 9.89. The van der Waals surface area contributed by atoms with E-state index >= 15 is 0 Å². The van der Waals surface area contributed by atoms with E-state index in [1.54, 1.807) is 0 Å². The number of rotatable bonds is 5. The van der Waals surface area contributed by atoms with Gasteiger partial charge in [-0.15, -0.1) is 0 Å². The second-order valence-electron chi connectivity index (χ2n) is 6.15. The number of benzene rings is 2. The van der Waals surface area contributed by atoms with E-state index in [2.05, 4.69) is 0 Å². The molecule has 2 unspecified atom stereocenters. The van der Waals surface area contributed by atoms with Gasteiger partial charge in [-0.25, -0.2) is 0 Å². The summed E-state index contributed by atoms with van der Waals surface area (Å²) in [4.78, 5) is 13.1. The molecule has 0 saturated carbocycles. The predicted molar refractivity (Wildman–Crippen MR) is 97.2 cm³/mol. The van der Waals surface area contributed by atoms with E-state index in [1.165, 1.54) is 33.5 Å². The highest BCUT2D eigenvalue weighted by Gasteiger charge is 2.54. The third-order valence-corrected chi connectivity index (χ3v) is 4.67. The molecule has 0 amide bonds. The van der Waals surface area contributed by atoms with Crippen molar-refractivity contribution < 1.29 is 48.9 Å². The normalized spacial score (nSPS) is 20.6. The quantitative estimate of drug-likeness (QED) is 0.537. The van der Waals surface area contributed by atoms with Gasteiger partial charge in [0.2, 0.25) is 17.3 Å². The Kier molecular flexibility index (Phi) is 5.07. The van der Waals surface area contributed by atoms with Crippen LogP contribution in [-0.2, 0) is 4.74 Å². The van der Waals surface area contributed by atoms with Crippen molar-refractivity contribution in [2.45, 2.75) is 11.9 Å². The van der Waals surface area contributed by atoms with Crippen LogP contribution in [-0.4, -0.2) is 60.4 Å². The van der Waals surface area contributed by atoms with Crippen LogP contribution in [0.3, 0.4) is 0 Å². The van der Waals surface area contributed by atoms with Gasteiger partial charge in [0.25, 0.3) is 5.79 Å². The third-order valence-electron chi connectivity index (χ3n) is 4.67. The van der Waals surface area contributed by atoms with Crippen LogP contribution in [0.15, 0.2) is 18.2 Å². The van der Waals surface area contributed by atoms with Gasteiger partial charge in [0.05, 0.1) is 21.3 Å². The first-order chi connectivity index (χ1) is 13.7. The molecule has 0 fully saturated rings. The number of carbonyl (C=O) groups excluding carboxylic acids is 1. The molecule has 2 aromatic carbocycles. The van der Waals surface area contributed by atoms with Crippen LogP contribution in [0.5, 0.6) is 40.2 Å². The molecule has 10 nitrogen and oxygen atoms in total. The maximum absolute atomic E-state index is 13.1. The van der Waals surface area contributed by atoms with E-state index in [9.17, 15) is 25.2 Å². The summed E-state index contributed by atoms with van der Waals surface area (Å²) in [5.74, 6) is -5.61. The summed E-state index contributed by atoms with van der Waals surface area (Å²) in [5, 5.41) is 41.5. The van der Waals surface area contributed by atoms with Crippen molar-refractivity contribution in [3.8, 4) is 40.2 Å². The Hall–Kier alpha value is -3.37. The maximum Gasteiger partial charge on any atom is 0.274 e. The van der Waals surface area contributed by atoms with Gasteiger partial charge in [0, 0.05) is 18.7 Å². The molecule has 10 heteroatoms. The highest BCUT2D eigenvalue weighted by molar-refractivity contribution is 6.08. The number of ether oxygens (including phenoxy) is 5. The average Bonchev–Trinajstić information content (AvgIpc) is 2.70. The summed E-state index contributed by atoms with van der Waals surface area (Å²) in [7, 11) is 4.90. The Balaban J connectivity index is 2.24. The summed E-state index contributed by atoms with van der Waals surface area (Å²) in [5.41, 5.74) is -0.257. The number of carbonyl (C=O) groups is 1. The average molecular weight is 408 g/mol. The predicted octanol–water partition coefficient (Wildman–Crippen LogP) is 1.48. The molecule has 1 aliphatic rings. The molecule has 4 N–H and O–H groups in total. The molecule has 2 atom stereocenters. The Morgan fingerprint density at radius 2 is 1.52 bits per heavy atom. The van der Waals surface area contributed by atoms with E-state index in [4.69, 9.17) is 23.7 Å². The zero-order valence-corrected chi connectivity index (χ0v) is 16.0. The molecule has 0 spiro atoms. The largest absolute Gasteiger partial charge is 0.504 e. The van der Waals surface area contributed by atoms with E-state index in [1.807, 2.05) is 0 Å². The fourth-order valence-corrected chi connectivity index (χ4v) is 3.19. The zero-order valence-electron chi connectivity index (χ0n) is 16.0. The Bertz CT molecular complexity index is 945. The fourth-order valence-electron chi connectivity index (χ4n) is 3.19. The molecule has 0 saturated heterocycles. The van der Waals surface area contributed by atoms with Crippen molar-refractivity contribution in [3.63, 3.8) is 0 Å². The van der Waals surface area contributed by atoms with E-state index in [0.717, 1.165) is 13.2 Å². The van der Waals surface area contributed by atoms with Crippen LogP contribution in [0.4, 0.5) is 0 Å². The number of hydrogen-bond donors (Lipinski definition) is 4. The summed E-state index contributed by atoms with van der Waals surface area (Å²) >= 11 is 0. The van der Waals surface area contributed by atoms with Gasteiger partial charge in [-0.3, -0.25) is 4.79 Å². The first kappa shape index (κ1) is 20.4. The molecule has 1 heterocycles. The van der Waals surface area contributed by atoms with Gasteiger partial charge in [0.1, 0.15) is 11.3 Å². The van der Waals surface area contributed by atoms with Gasteiger partial charge in [-0.2, -0.15) is 0 Å². The zero-order chi connectivity index (χ0) is 21.5. The topological polar surface area (TPSA) is 144 Å². The molecular formula is C19H20O10. The lowest BCUT2D eigenvalue weighted by Gasteiger charge is -2.38. The van der Waals surface area contributed by atoms with Gasteiger partial charge >= 0.3 is 0 Å². The number of phenols is 3. The van der Waals surface area contributed by atoms with Crippen molar-refractivity contribution in [1.82, 2.24) is 0 Å².